The van der Waals surface area contributed by atoms with Gasteiger partial charge in [-0.15, -0.1) is 11.8 Å². The molecule has 0 aliphatic heterocycles. The first kappa shape index (κ1) is 17.4. The maximum Gasteiger partial charge on any atom is 0.0946 e. The van der Waals surface area contributed by atoms with Crippen molar-refractivity contribution in [2.24, 2.45) is 0 Å². The second-order valence-electron chi connectivity index (χ2n) is 5.66. The van der Waals surface area contributed by atoms with Crippen LogP contribution >= 0.6 is 23.4 Å². The Balaban J connectivity index is 1.87. The Morgan fingerprint density at radius 2 is 1.91 bits per heavy atom. The molecule has 0 bridgehead atoms. The van der Waals surface area contributed by atoms with Crippen molar-refractivity contribution in [2.75, 3.05) is 0 Å². The summed E-state index contributed by atoms with van der Waals surface area (Å²) < 4.78 is 2.18. The number of rotatable bonds is 10. The van der Waals surface area contributed by atoms with Crippen molar-refractivity contribution in [3.8, 4) is 0 Å². The average Bonchev–Trinajstić information content (AvgIpc) is 3.02. The average molecular weight is 337 g/mol. The van der Waals surface area contributed by atoms with Crippen molar-refractivity contribution in [2.45, 2.75) is 62.1 Å². The van der Waals surface area contributed by atoms with E-state index < -0.39 is 0 Å². The molecule has 0 spiro atoms. The van der Waals surface area contributed by atoms with Gasteiger partial charge in [-0.3, -0.25) is 0 Å². The summed E-state index contributed by atoms with van der Waals surface area (Å²) in [5, 5.41) is 1.38. The van der Waals surface area contributed by atoms with Crippen LogP contribution in [0.5, 0.6) is 0 Å². The molecule has 22 heavy (non-hydrogen) atoms. The van der Waals surface area contributed by atoms with Crippen molar-refractivity contribution < 1.29 is 0 Å². The standard InChI is InChI=1S/C18H25ClN2S/c1-2-3-4-5-6-7-18(14-21-13-12-20-15-21)22-17-10-8-16(19)9-11-17/h8-13,15,18H,2-7,14H2,1H3. The van der Waals surface area contributed by atoms with Gasteiger partial charge in [0.25, 0.3) is 0 Å². The van der Waals surface area contributed by atoms with E-state index in [9.17, 15) is 0 Å². The van der Waals surface area contributed by atoms with Gasteiger partial charge < -0.3 is 4.57 Å². The highest BCUT2D eigenvalue weighted by Crippen LogP contribution is 2.29. The SMILES string of the molecule is CCCCCCCC(Cn1ccnc1)Sc1ccc(Cl)cc1. The first-order valence-electron chi connectivity index (χ1n) is 8.16. The summed E-state index contributed by atoms with van der Waals surface area (Å²) in [7, 11) is 0. The number of hydrogen-bond acceptors (Lipinski definition) is 2. The normalized spacial score (nSPS) is 12.5. The Morgan fingerprint density at radius 3 is 2.59 bits per heavy atom. The number of thioether (sulfide) groups is 1. The molecule has 2 nitrogen and oxygen atoms in total. The molecule has 1 atom stereocenters. The Kier molecular flexibility index (Phi) is 7.89. The maximum absolute atomic E-state index is 5.97. The van der Waals surface area contributed by atoms with Crippen LogP contribution in [0.1, 0.15) is 45.4 Å². The lowest BCUT2D eigenvalue weighted by Crippen LogP contribution is -2.12. The molecule has 1 heterocycles. The second kappa shape index (κ2) is 9.96. The van der Waals surface area contributed by atoms with Gasteiger partial charge in [0.15, 0.2) is 0 Å². The summed E-state index contributed by atoms with van der Waals surface area (Å²) >= 11 is 7.93. The third kappa shape index (κ3) is 6.45. The lowest BCUT2D eigenvalue weighted by molar-refractivity contribution is 0.560. The monoisotopic (exact) mass is 336 g/mol. The van der Waals surface area contributed by atoms with E-state index in [1.54, 1.807) is 0 Å². The molecule has 0 amide bonds. The van der Waals surface area contributed by atoms with Gasteiger partial charge in [0.2, 0.25) is 0 Å². The van der Waals surface area contributed by atoms with E-state index in [0.29, 0.717) is 5.25 Å². The van der Waals surface area contributed by atoms with E-state index in [0.717, 1.165) is 11.6 Å². The van der Waals surface area contributed by atoms with Gasteiger partial charge in [0, 0.05) is 34.1 Å². The van der Waals surface area contributed by atoms with Crippen LogP contribution in [-0.4, -0.2) is 14.8 Å². The Morgan fingerprint density at radius 1 is 1.14 bits per heavy atom. The minimum Gasteiger partial charge on any atom is -0.336 e. The molecule has 120 valence electrons. The summed E-state index contributed by atoms with van der Waals surface area (Å²) in [6.45, 7) is 3.28. The molecular formula is C18H25ClN2S. The fourth-order valence-electron chi connectivity index (χ4n) is 2.50. The fourth-order valence-corrected chi connectivity index (χ4v) is 3.83. The third-order valence-electron chi connectivity index (χ3n) is 3.72. The molecule has 1 aromatic carbocycles. The minimum atomic E-state index is 0.581. The lowest BCUT2D eigenvalue weighted by Gasteiger charge is -2.17. The van der Waals surface area contributed by atoms with Gasteiger partial charge in [-0.25, -0.2) is 4.98 Å². The van der Waals surface area contributed by atoms with Crippen molar-refractivity contribution in [3.05, 3.63) is 48.0 Å². The summed E-state index contributed by atoms with van der Waals surface area (Å²) in [6, 6.07) is 8.18. The van der Waals surface area contributed by atoms with E-state index in [1.165, 1.54) is 43.4 Å². The predicted molar refractivity (Wildman–Crippen MR) is 96.7 cm³/mol. The third-order valence-corrected chi connectivity index (χ3v) is 5.23. The van der Waals surface area contributed by atoms with Crippen LogP contribution in [0.25, 0.3) is 0 Å². The highest BCUT2D eigenvalue weighted by Gasteiger charge is 2.11. The van der Waals surface area contributed by atoms with Gasteiger partial charge >= 0.3 is 0 Å². The molecule has 0 N–H and O–H groups in total. The summed E-state index contributed by atoms with van der Waals surface area (Å²) in [5.41, 5.74) is 0. The van der Waals surface area contributed by atoms with E-state index in [-0.39, 0.29) is 0 Å². The summed E-state index contributed by atoms with van der Waals surface area (Å²) in [4.78, 5) is 5.45. The van der Waals surface area contributed by atoms with Crippen LogP contribution in [0, 0.1) is 0 Å². The molecule has 0 fully saturated rings. The number of benzene rings is 1. The Bertz CT molecular complexity index is 510. The van der Waals surface area contributed by atoms with E-state index >= 15 is 0 Å². The molecule has 2 aromatic rings. The zero-order valence-electron chi connectivity index (χ0n) is 13.2. The first-order chi connectivity index (χ1) is 10.8. The molecular weight excluding hydrogens is 312 g/mol. The molecule has 1 aromatic heterocycles. The van der Waals surface area contributed by atoms with Crippen LogP contribution in [0.15, 0.2) is 47.9 Å². The van der Waals surface area contributed by atoms with Crippen LogP contribution in [-0.2, 0) is 6.54 Å². The first-order valence-corrected chi connectivity index (χ1v) is 9.41. The van der Waals surface area contributed by atoms with Crippen LogP contribution < -0.4 is 0 Å². The fraction of sp³-hybridized carbons (Fsp3) is 0.500. The molecule has 2 rings (SSSR count). The highest BCUT2D eigenvalue weighted by molar-refractivity contribution is 8.00. The smallest absolute Gasteiger partial charge is 0.0946 e. The van der Waals surface area contributed by atoms with Gasteiger partial charge in [0.1, 0.15) is 0 Å². The Hall–Kier alpha value is -0.930. The summed E-state index contributed by atoms with van der Waals surface area (Å²) in [5.74, 6) is 0. The minimum absolute atomic E-state index is 0.581. The zero-order valence-corrected chi connectivity index (χ0v) is 14.8. The van der Waals surface area contributed by atoms with Crippen molar-refractivity contribution in [1.29, 1.82) is 0 Å². The molecule has 4 heteroatoms. The van der Waals surface area contributed by atoms with Gasteiger partial charge in [-0.05, 0) is 30.7 Å². The highest BCUT2D eigenvalue weighted by atomic mass is 35.5. The van der Waals surface area contributed by atoms with Gasteiger partial charge in [-0.2, -0.15) is 0 Å². The quantitative estimate of drug-likeness (QED) is 0.388. The number of unbranched alkanes of at least 4 members (excludes halogenated alkanes) is 4. The molecule has 0 saturated carbocycles. The molecule has 0 radical (unpaired) electrons. The molecule has 0 saturated heterocycles. The number of halogens is 1. The van der Waals surface area contributed by atoms with E-state index in [4.69, 9.17) is 11.6 Å². The predicted octanol–water partition coefficient (Wildman–Crippen LogP) is 6.06. The topological polar surface area (TPSA) is 17.8 Å². The molecule has 0 aliphatic carbocycles. The Labute approximate surface area is 143 Å². The van der Waals surface area contributed by atoms with Crippen molar-refractivity contribution >= 4 is 23.4 Å². The largest absolute Gasteiger partial charge is 0.336 e. The lowest BCUT2D eigenvalue weighted by atomic mass is 10.1. The van der Waals surface area contributed by atoms with Gasteiger partial charge in [0.05, 0.1) is 6.33 Å². The number of imidazole rings is 1. The number of aromatic nitrogens is 2. The van der Waals surface area contributed by atoms with Crippen LogP contribution in [0.2, 0.25) is 5.02 Å². The summed E-state index contributed by atoms with van der Waals surface area (Å²) in [6.07, 6.45) is 13.7. The van der Waals surface area contributed by atoms with Crippen molar-refractivity contribution in [3.63, 3.8) is 0 Å². The van der Waals surface area contributed by atoms with E-state index in [1.807, 2.05) is 42.6 Å². The van der Waals surface area contributed by atoms with Crippen LogP contribution in [0.3, 0.4) is 0 Å². The number of hydrogen-bond donors (Lipinski definition) is 0. The van der Waals surface area contributed by atoms with Gasteiger partial charge in [-0.1, -0.05) is 50.6 Å². The molecule has 1 unspecified atom stereocenters. The van der Waals surface area contributed by atoms with Crippen LogP contribution in [0.4, 0.5) is 0 Å². The molecule has 0 aliphatic rings. The van der Waals surface area contributed by atoms with Crippen molar-refractivity contribution in [1.82, 2.24) is 9.55 Å². The second-order valence-corrected chi connectivity index (χ2v) is 7.47. The number of nitrogens with zero attached hydrogens (tertiary/aromatic N) is 2. The maximum atomic E-state index is 5.97. The zero-order chi connectivity index (χ0) is 15.6. The van der Waals surface area contributed by atoms with E-state index in [2.05, 4.69) is 28.6 Å².